The highest BCUT2D eigenvalue weighted by Gasteiger charge is 2.24. The number of piperazine rings is 1. The maximum atomic E-state index is 4.14. The van der Waals surface area contributed by atoms with E-state index in [-0.39, 0.29) is 0 Å². The molecule has 4 heteroatoms. The van der Waals surface area contributed by atoms with Gasteiger partial charge in [-0.3, -0.25) is 9.88 Å². The summed E-state index contributed by atoms with van der Waals surface area (Å²) >= 11 is 1.76. The minimum atomic E-state index is 0.634. The second kappa shape index (κ2) is 5.75. The van der Waals surface area contributed by atoms with Crippen molar-refractivity contribution < 1.29 is 0 Å². The molecule has 0 spiro atoms. The summed E-state index contributed by atoms with van der Waals surface area (Å²) in [6, 6.07) is 1.31. The highest BCUT2D eigenvalue weighted by atomic mass is 32.1. The quantitative estimate of drug-likeness (QED) is 0.872. The highest BCUT2D eigenvalue weighted by Crippen LogP contribution is 2.16. The van der Waals surface area contributed by atoms with E-state index < -0.39 is 0 Å². The Bertz CT molecular complexity index is 299. The highest BCUT2D eigenvalue weighted by molar-refractivity contribution is 7.09. The Kier molecular flexibility index (Phi) is 4.32. The first kappa shape index (κ1) is 12.0. The van der Waals surface area contributed by atoms with Crippen molar-refractivity contribution >= 4 is 11.3 Å². The van der Waals surface area contributed by atoms with Crippen LogP contribution in [0.1, 0.15) is 31.6 Å². The van der Waals surface area contributed by atoms with E-state index in [1.807, 2.05) is 11.7 Å². The number of rotatable bonds is 4. The van der Waals surface area contributed by atoms with Gasteiger partial charge in [0.2, 0.25) is 0 Å². The molecule has 1 aliphatic rings. The third kappa shape index (κ3) is 3.03. The van der Waals surface area contributed by atoms with Crippen molar-refractivity contribution in [1.82, 2.24) is 15.2 Å². The van der Waals surface area contributed by atoms with Gasteiger partial charge in [-0.15, -0.1) is 11.3 Å². The van der Waals surface area contributed by atoms with Gasteiger partial charge in [0.05, 0.1) is 5.51 Å². The average Bonchev–Trinajstić information content (AvgIpc) is 2.76. The molecule has 3 nitrogen and oxygen atoms in total. The summed E-state index contributed by atoms with van der Waals surface area (Å²) in [6.07, 6.45) is 4.54. The lowest BCUT2D eigenvalue weighted by atomic mass is 10.1. The molecule has 0 amide bonds. The van der Waals surface area contributed by atoms with Gasteiger partial charge in [0.1, 0.15) is 0 Å². The first-order valence-electron chi connectivity index (χ1n) is 6.14. The van der Waals surface area contributed by atoms with Crippen LogP contribution in [0.25, 0.3) is 0 Å². The van der Waals surface area contributed by atoms with Crippen molar-refractivity contribution in [3.8, 4) is 0 Å². The molecule has 1 aliphatic heterocycles. The molecule has 1 fully saturated rings. The smallest absolute Gasteiger partial charge is 0.0794 e. The number of thiazole rings is 1. The number of hydrogen-bond acceptors (Lipinski definition) is 4. The van der Waals surface area contributed by atoms with E-state index in [0.29, 0.717) is 12.1 Å². The Morgan fingerprint density at radius 1 is 1.62 bits per heavy atom. The van der Waals surface area contributed by atoms with E-state index in [0.717, 1.165) is 13.1 Å². The van der Waals surface area contributed by atoms with Gasteiger partial charge in [-0.2, -0.15) is 0 Å². The normalized spacial score (nSPS) is 27.1. The molecule has 1 aromatic heterocycles. The number of nitrogens with one attached hydrogen (secondary N) is 1. The molecule has 0 radical (unpaired) electrons. The molecule has 1 aromatic rings. The summed E-state index contributed by atoms with van der Waals surface area (Å²) in [5.41, 5.74) is 1.92. The van der Waals surface area contributed by atoms with E-state index in [1.54, 1.807) is 11.3 Å². The van der Waals surface area contributed by atoms with Crippen LogP contribution in [0.3, 0.4) is 0 Å². The van der Waals surface area contributed by atoms with Gasteiger partial charge < -0.3 is 5.32 Å². The monoisotopic (exact) mass is 239 g/mol. The maximum Gasteiger partial charge on any atom is 0.0794 e. The summed E-state index contributed by atoms with van der Waals surface area (Å²) in [5.74, 6) is 0. The predicted octanol–water partition coefficient (Wildman–Crippen LogP) is 2.11. The summed E-state index contributed by atoms with van der Waals surface area (Å²) < 4.78 is 0. The van der Waals surface area contributed by atoms with Gasteiger partial charge in [-0.1, -0.05) is 13.3 Å². The summed E-state index contributed by atoms with van der Waals surface area (Å²) in [7, 11) is 0. The van der Waals surface area contributed by atoms with Crippen LogP contribution in [0.4, 0.5) is 0 Å². The standard InChI is InChI=1S/C12H21N3S/c1-3-4-11-7-15(10(2)5-14-11)8-12-6-13-9-16-12/h6,9-11,14H,3-5,7-8H2,1-2H3. The SMILES string of the molecule is CCCC1CN(Cc2cncs2)C(C)CN1. The number of nitrogens with zero attached hydrogens (tertiary/aromatic N) is 2. The topological polar surface area (TPSA) is 28.2 Å². The Morgan fingerprint density at radius 2 is 2.50 bits per heavy atom. The van der Waals surface area contributed by atoms with E-state index in [9.17, 15) is 0 Å². The minimum Gasteiger partial charge on any atom is -0.311 e. The second-order valence-electron chi connectivity index (χ2n) is 4.64. The average molecular weight is 239 g/mol. The predicted molar refractivity (Wildman–Crippen MR) is 68.7 cm³/mol. The Labute approximate surface area is 102 Å². The fourth-order valence-corrected chi connectivity index (χ4v) is 2.90. The molecule has 1 saturated heterocycles. The first-order chi connectivity index (χ1) is 7.79. The van der Waals surface area contributed by atoms with Gasteiger partial charge >= 0.3 is 0 Å². The molecule has 2 heterocycles. The van der Waals surface area contributed by atoms with Crippen molar-refractivity contribution in [2.45, 2.75) is 45.3 Å². The van der Waals surface area contributed by atoms with Crippen LogP contribution in [-0.4, -0.2) is 35.1 Å². The number of aromatic nitrogens is 1. The van der Waals surface area contributed by atoms with E-state index in [1.165, 1.54) is 24.3 Å². The summed E-state index contributed by atoms with van der Waals surface area (Å²) in [6.45, 7) is 7.91. The van der Waals surface area contributed by atoms with Crippen LogP contribution in [0, 0.1) is 0 Å². The third-order valence-electron chi connectivity index (χ3n) is 3.26. The van der Waals surface area contributed by atoms with Crippen molar-refractivity contribution in [2.75, 3.05) is 13.1 Å². The molecule has 1 N–H and O–H groups in total. The van der Waals surface area contributed by atoms with E-state index in [4.69, 9.17) is 0 Å². The lowest BCUT2D eigenvalue weighted by molar-refractivity contribution is 0.130. The Hall–Kier alpha value is -0.450. The zero-order valence-corrected chi connectivity index (χ0v) is 11.0. The van der Waals surface area contributed by atoms with E-state index in [2.05, 4.69) is 29.0 Å². The number of hydrogen-bond donors (Lipinski definition) is 1. The van der Waals surface area contributed by atoms with Gasteiger partial charge in [0.15, 0.2) is 0 Å². The lowest BCUT2D eigenvalue weighted by Gasteiger charge is -2.38. The molecule has 0 bridgehead atoms. The second-order valence-corrected chi connectivity index (χ2v) is 5.61. The zero-order valence-electron chi connectivity index (χ0n) is 10.1. The van der Waals surface area contributed by atoms with Crippen molar-refractivity contribution in [2.24, 2.45) is 0 Å². The molecule has 0 aliphatic carbocycles. The van der Waals surface area contributed by atoms with Gasteiger partial charge in [-0.25, -0.2) is 0 Å². The molecular weight excluding hydrogens is 218 g/mol. The molecule has 2 atom stereocenters. The van der Waals surface area contributed by atoms with Crippen molar-refractivity contribution in [3.63, 3.8) is 0 Å². The largest absolute Gasteiger partial charge is 0.311 e. The van der Waals surface area contributed by atoms with Crippen LogP contribution in [0.2, 0.25) is 0 Å². The minimum absolute atomic E-state index is 0.634. The fourth-order valence-electron chi connectivity index (χ4n) is 2.28. The summed E-state index contributed by atoms with van der Waals surface area (Å²) in [4.78, 5) is 8.10. The van der Waals surface area contributed by atoms with E-state index >= 15 is 0 Å². The van der Waals surface area contributed by atoms with Gasteiger partial charge in [0, 0.05) is 42.8 Å². The van der Waals surface area contributed by atoms with Crippen LogP contribution >= 0.6 is 11.3 Å². The molecule has 90 valence electrons. The lowest BCUT2D eigenvalue weighted by Crippen LogP contribution is -2.54. The fraction of sp³-hybridized carbons (Fsp3) is 0.750. The zero-order chi connectivity index (χ0) is 11.4. The molecular formula is C12H21N3S. The third-order valence-corrected chi connectivity index (χ3v) is 4.02. The molecule has 0 aromatic carbocycles. The Morgan fingerprint density at radius 3 is 3.19 bits per heavy atom. The van der Waals surface area contributed by atoms with Crippen molar-refractivity contribution in [1.29, 1.82) is 0 Å². The van der Waals surface area contributed by atoms with Crippen LogP contribution in [-0.2, 0) is 6.54 Å². The van der Waals surface area contributed by atoms with Crippen LogP contribution in [0.5, 0.6) is 0 Å². The van der Waals surface area contributed by atoms with Crippen LogP contribution < -0.4 is 5.32 Å². The first-order valence-corrected chi connectivity index (χ1v) is 7.02. The molecule has 2 unspecified atom stereocenters. The summed E-state index contributed by atoms with van der Waals surface area (Å²) in [5, 5.41) is 3.63. The van der Waals surface area contributed by atoms with Gasteiger partial charge in [0.25, 0.3) is 0 Å². The van der Waals surface area contributed by atoms with Crippen LogP contribution in [0.15, 0.2) is 11.7 Å². The molecule has 0 saturated carbocycles. The Balaban J connectivity index is 1.91. The van der Waals surface area contributed by atoms with Gasteiger partial charge in [-0.05, 0) is 13.3 Å². The molecule has 16 heavy (non-hydrogen) atoms. The van der Waals surface area contributed by atoms with Crippen molar-refractivity contribution in [3.05, 3.63) is 16.6 Å². The molecule has 2 rings (SSSR count). The maximum absolute atomic E-state index is 4.14.